The van der Waals surface area contributed by atoms with E-state index in [2.05, 4.69) is 15.0 Å². The van der Waals surface area contributed by atoms with Crippen LogP contribution in [0.2, 0.25) is 0 Å². The van der Waals surface area contributed by atoms with Crippen LogP contribution < -0.4 is 5.73 Å². The number of aromatic amines is 1. The van der Waals surface area contributed by atoms with Crippen molar-refractivity contribution in [3.8, 4) is 11.3 Å². The van der Waals surface area contributed by atoms with Crippen molar-refractivity contribution >= 4 is 0 Å². The van der Waals surface area contributed by atoms with Gasteiger partial charge in [-0.2, -0.15) is 0 Å². The van der Waals surface area contributed by atoms with Gasteiger partial charge in [-0.05, 0) is 31.7 Å². The zero-order chi connectivity index (χ0) is 12.8. The Morgan fingerprint density at radius 3 is 2.83 bits per heavy atom. The van der Waals surface area contributed by atoms with Gasteiger partial charge in [0.1, 0.15) is 11.6 Å². The highest BCUT2D eigenvalue weighted by molar-refractivity contribution is 5.57. The summed E-state index contributed by atoms with van der Waals surface area (Å²) < 4.78 is 13.1. The summed E-state index contributed by atoms with van der Waals surface area (Å²) in [5, 5.41) is 0. The van der Waals surface area contributed by atoms with E-state index in [0.29, 0.717) is 11.5 Å². The van der Waals surface area contributed by atoms with Crippen LogP contribution in [-0.4, -0.2) is 15.0 Å². The number of nitrogens with one attached hydrogen (secondary N) is 1. The van der Waals surface area contributed by atoms with Gasteiger partial charge >= 0.3 is 0 Å². The van der Waals surface area contributed by atoms with E-state index in [0.717, 1.165) is 24.4 Å². The van der Waals surface area contributed by atoms with Crippen molar-refractivity contribution in [1.29, 1.82) is 0 Å². The predicted octanol–water partition coefficient (Wildman–Crippen LogP) is 2.19. The van der Waals surface area contributed by atoms with Gasteiger partial charge in [-0.15, -0.1) is 0 Å². The monoisotopic (exact) mass is 246 g/mol. The van der Waals surface area contributed by atoms with Gasteiger partial charge in [-0.3, -0.25) is 4.98 Å². The summed E-state index contributed by atoms with van der Waals surface area (Å²) >= 11 is 0. The van der Waals surface area contributed by atoms with Crippen LogP contribution in [-0.2, 0) is 5.54 Å². The van der Waals surface area contributed by atoms with Crippen LogP contribution in [0.3, 0.4) is 0 Å². The predicted molar refractivity (Wildman–Crippen MR) is 66.0 cm³/mol. The van der Waals surface area contributed by atoms with E-state index < -0.39 is 5.54 Å². The van der Waals surface area contributed by atoms with Crippen molar-refractivity contribution in [3.05, 3.63) is 36.3 Å². The Hall–Kier alpha value is -1.75. The van der Waals surface area contributed by atoms with Crippen LogP contribution in [0.4, 0.5) is 4.39 Å². The molecule has 3 N–H and O–H groups in total. The summed E-state index contributed by atoms with van der Waals surface area (Å²) in [7, 11) is 0. The highest BCUT2D eigenvalue weighted by Gasteiger charge is 2.41. The third kappa shape index (κ3) is 1.90. The van der Waals surface area contributed by atoms with E-state index in [-0.39, 0.29) is 5.82 Å². The smallest absolute Gasteiger partial charge is 0.142 e. The Bertz CT molecular complexity index is 572. The zero-order valence-corrected chi connectivity index (χ0v) is 10.2. The molecule has 0 amide bonds. The Balaban J connectivity index is 1.94. The number of H-pyrrole nitrogens is 1. The molecule has 0 aromatic carbocycles. The fraction of sp³-hybridized carbons (Fsp3) is 0.385. The van der Waals surface area contributed by atoms with Gasteiger partial charge in [-0.25, -0.2) is 9.37 Å². The number of nitrogens with zero attached hydrogens (tertiary/aromatic N) is 2. The first-order valence-corrected chi connectivity index (χ1v) is 6.02. The van der Waals surface area contributed by atoms with Crippen molar-refractivity contribution in [1.82, 2.24) is 15.0 Å². The standard InChI is InChI=1S/C13H15FN4/c1-13(15,9-2-3-9)12-17-7-11(18-12)8-4-10(14)6-16-5-8/h4-7,9H,2-3,15H2,1H3,(H,17,18). The minimum Gasteiger partial charge on any atom is -0.340 e. The lowest BCUT2D eigenvalue weighted by atomic mass is 9.97. The molecule has 1 aliphatic rings. The molecule has 1 atom stereocenters. The van der Waals surface area contributed by atoms with Crippen molar-refractivity contribution in [2.45, 2.75) is 25.3 Å². The second-order valence-corrected chi connectivity index (χ2v) is 5.09. The number of hydrogen-bond acceptors (Lipinski definition) is 3. The largest absolute Gasteiger partial charge is 0.340 e. The molecular formula is C13H15FN4. The SMILES string of the molecule is CC(N)(c1ncc(-c2cncc(F)c2)[nH]1)C1CC1. The molecule has 1 aliphatic carbocycles. The van der Waals surface area contributed by atoms with Crippen molar-refractivity contribution in [2.24, 2.45) is 11.7 Å². The highest BCUT2D eigenvalue weighted by atomic mass is 19.1. The average molecular weight is 246 g/mol. The lowest BCUT2D eigenvalue weighted by Crippen LogP contribution is -2.36. The van der Waals surface area contributed by atoms with Gasteiger partial charge in [0, 0.05) is 11.8 Å². The molecule has 3 rings (SSSR count). The van der Waals surface area contributed by atoms with Crippen molar-refractivity contribution in [2.75, 3.05) is 0 Å². The van der Waals surface area contributed by atoms with Gasteiger partial charge in [0.25, 0.3) is 0 Å². The number of hydrogen-bond donors (Lipinski definition) is 2. The van der Waals surface area contributed by atoms with Crippen LogP contribution in [0.5, 0.6) is 0 Å². The van der Waals surface area contributed by atoms with E-state index >= 15 is 0 Å². The van der Waals surface area contributed by atoms with Gasteiger partial charge < -0.3 is 10.7 Å². The molecule has 1 unspecified atom stereocenters. The van der Waals surface area contributed by atoms with Gasteiger partial charge in [-0.1, -0.05) is 0 Å². The quantitative estimate of drug-likeness (QED) is 0.872. The molecular weight excluding hydrogens is 231 g/mol. The van der Waals surface area contributed by atoms with Crippen LogP contribution in [0.25, 0.3) is 11.3 Å². The summed E-state index contributed by atoms with van der Waals surface area (Å²) in [6, 6.07) is 1.43. The number of aromatic nitrogens is 3. The lowest BCUT2D eigenvalue weighted by molar-refractivity contribution is 0.404. The fourth-order valence-electron chi connectivity index (χ4n) is 2.18. The Morgan fingerprint density at radius 1 is 1.39 bits per heavy atom. The van der Waals surface area contributed by atoms with Crippen molar-refractivity contribution in [3.63, 3.8) is 0 Å². The van der Waals surface area contributed by atoms with Crippen LogP contribution >= 0.6 is 0 Å². The molecule has 2 aromatic heterocycles. The normalized spacial score (nSPS) is 18.6. The third-order valence-corrected chi connectivity index (χ3v) is 3.53. The number of imidazole rings is 1. The molecule has 18 heavy (non-hydrogen) atoms. The number of nitrogens with two attached hydrogens (primary N) is 1. The molecule has 0 bridgehead atoms. The maximum absolute atomic E-state index is 13.1. The average Bonchev–Trinajstić information content (AvgIpc) is 3.07. The Labute approximate surface area is 104 Å². The zero-order valence-electron chi connectivity index (χ0n) is 10.2. The minimum atomic E-state index is -0.432. The van der Waals surface area contributed by atoms with Gasteiger partial charge in [0.2, 0.25) is 0 Å². The molecule has 4 nitrogen and oxygen atoms in total. The van der Waals surface area contributed by atoms with Crippen LogP contribution in [0.15, 0.2) is 24.7 Å². The van der Waals surface area contributed by atoms with Crippen LogP contribution in [0.1, 0.15) is 25.6 Å². The molecule has 2 aromatic rings. The molecule has 1 saturated carbocycles. The van der Waals surface area contributed by atoms with Gasteiger partial charge in [0.05, 0.1) is 23.6 Å². The van der Waals surface area contributed by atoms with Gasteiger partial charge in [0.15, 0.2) is 0 Å². The van der Waals surface area contributed by atoms with E-state index in [1.807, 2.05) is 6.92 Å². The topological polar surface area (TPSA) is 67.6 Å². The Kier molecular flexibility index (Phi) is 2.45. The van der Waals surface area contributed by atoms with E-state index in [4.69, 9.17) is 5.73 Å². The van der Waals surface area contributed by atoms with E-state index in [9.17, 15) is 4.39 Å². The molecule has 2 heterocycles. The second kappa shape index (κ2) is 3.88. The molecule has 0 radical (unpaired) electrons. The maximum atomic E-state index is 13.1. The van der Waals surface area contributed by atoms with E-state index in [1.54, 1.807) is 12.4 Å². The molecule has 0 spiro atoms. The molecule has 1 fully saturated rings. The summed E-state index contributed by atoms with van der Waals surface area (Å²) in [5.41, 5.74) is 7.28. The molecule has 94 valence electrons. The fourth-order valence-corrected chi connectivity index (χ4v) is 2.18. The summed E-state index contributed by atoms with van der Waals surface area (Å²) in [6.07, 6.45) is 6.75. The second-order valence-electron chi connectivity index (χ2n) is 5.09. The summed E-state index contributed by atoms with van der Waals surface area (Å²) in [5.74, 6) is 0.882. The lowest BCUT2D eigenvalue weighted by Gasteiger charge is -2.21. The first-order valence-electron chi connectivity index (χ1n) is 6.02. The maximum Gasteiger partial charge on any atom is 0.142 e. The van der Waals surface area contributed by atoms with Crippen molar-refractivity contribution < 1.29 is 4.39 Å². The first kappa shape index (κ1) is 11.3. The summed E-state index contributed by atoms with van der Waals surface area (Å²) in [4.78, 5) is 11.3. The Morgan fingerprint density at radius 2 is 2.17 bits per heavy atom. The van der Waals surface area contributed by atoms with E-state index in [1.165, 1.54) is 12.3 Å². The highest BCUT2D eigenvalue weighted by Crippen LogP contribution is 2.43. The number of pyridine rings is 1. The molecule has 0 aliphatic heterocycles. The van der Waals surface area contributed by atoms with Crippen LogP contribution in [0, 0.1) is 11.7 Å². The third-order valence-electron chi connectivity index (χ3n) is 3.53. The number of rotatable bonds is 3. The minimum absolute atomic E-state index is 0.360. The molecule has 0 saturated heterocycles. The number of halogens is 1. The molecule has 5 heteroatoms. The first-order chi connectivity index (χ1) is 8.57. The summed E-state index contributed by atoms with van der Waals surface area (Å²) in [6.45, 7) is 1.98.